The first-order valence-electron chi connectivity index (χ1n) is 8.42. The van der Waals surface area contributed by atoms with Gasteiger partial charge in [0, 0.05) is 11.0 Å². The molecule has 1 aliphatic heterocycles. The molecule has 0 aromatic heterocycles. The number of methoxy groups -OCH3 is 2. The minimum atomic E-state index is -3.77. The second-order valence-electron chi connectivity index (χ2n) is 6.18. The molecule has 1 fully saturated rings. The van der Waals surface area contributed by atoms with Gasteiger partial charge >= 0.3 is 5.97 Å². The topological polar surface area (TPSA) is 72.9 Å². The summed E-state index contributed by atoms with van der Waals surface area (Å²) < 4.78 is 38.5. The summed E-state index contributed by atoms with van der Waals surface area (Å²) in [6.45, 7) is 0.424. The zero-order chi connectivity index (χ0) is 19.6. The summed E-state index contributed by atoms with van der Waals surface area (Å²) in [5.74, 6) is 0.0954. The molecule has 1 heterocycles. The van der Waals surface area contributed by atoms with Crippen molar-refractivity contribution in [1.82, 2.24) is 4.31 Å². The van der Waals surface area contributed by atoms with Crippen molar-refractivity contribution < 1.29 is 22.7 Å². The summed E-state index contributed by atoms with van der Waals surface area (Å²) in [5, 5.41) is 0. The lowest BCUT2D eigenvalue weighted by atomic mass is 10.1. The SMILES string of the molecule is COC(=O)c1cc(S(=O)(=O)N2CCC[C@@H]2c2cccc(OC)c2)ccc1Br. The van der Waals surface area contributed by atoms with E-state index in [0.29, 0.717) is 16.8 Å². The second-order valence-corrected chi connectivity index (χ2v) is 8.93. The molecule has 8 heteroatoms. The van der Waals surface area contributed by atoms with Crippen molar-refractivity contribution in [3.8, 4) is 5.75 Å². The van der Waals surface area contributed by atoms with E-state index in [0.717, 1.165) is 18.4 Å². The van der Waals surface area contributed by atoms with Crippen molar-refractivity contribution in [3.05, 3.63) is 58.1 Å². The molecule has 1 atom stereocenters. The van der Waals surface area contributed by atoms with Crippen LogP contribution in [0.1, 0.15) is 34.8 Å². The minimum Gasteiger partial charge on any atom is -0.497 e. The number of nitrogens with zero attached hydrogens (tertiary/aromatic N) is 1. The molecular formula is C19H20BrNO5S. The van der Waals surface area contributed by atoms with E-state index >= 15 is 0 Å². The molecule has 0 N–H and O–H groups in total. The summed E-state index contributed by atoms with van der Waals surface area (Å²) in [5.41, 5.74) is 1.07. The maximum Gasteiger partial charge on any atom is 0.339 e. The maximum atomic E-state index is 13.3. The fourth-order valence-electron chi connectivity index (χ4n) is 3.28. The van der Waals surface area contributed by atoms with Crippen LogP contribution in [-0.4, -0.2) is 39.5 Å². The van der Waals surface area contributed by atoms with Crippen LogP contribution >= 0.6 is 15.9 Å². The van der Waals surface area contributed by atoms with Gasteiger partial charge in [0.05, 0.1) is 30.7 Å². The van der Waals surface area contributed by atoms with Gasteiger partial charge in [0.15, 0.2) is 0 Å². The molecule has 1 aliphatic rings. The number of sulfonamides is 1. The Labute approximate surface area is 167 Å². The van der Waals surface area contributed by atoms with Crippen LogP contribution in [0.3, 0.4) is 0 Å². The predicted octanol–water partition coefficient (Wildman–Crippen LogP) is 3.77. The Kier molecular flexibility index (Phi) is 5.88. The first-order valence-corrected chi connectivity index (χ1v) is 10.7. The number of hydrogen-bond acceptors (Lipinski definition) is 5. The van der Waals surface area contributed by atoms with Crippen molar-refractivity contribution in [2.45, 2.75) is 23.8 Å². The Morgan fingerprint density at radius 3 is 2.67 bits per heavy atom. The molecule has 6 nitrogen and oxygen atoms in total. The standard InChI is InChI=1S/C19H20BrNO5S/c1-25-14-6-3-5-13(11-14)18-7-4-10-21(18)27(23,24)15-8-9-17(20)16(12-15)19(22)26-2/h3,5-6,8-9,11-12,18H,4,7,10H2,1-2H3/t18-/m1/s1. The number of esters is 1. The van der Waals surface area contributed by atoms with Crippen LogP contribution in [0, 0.1) is 0 Å². The highest BCUT2D eigenvalue weighted by Crippen LogP contribution is 2.38. The summed E-state index contributed by atoms with van der Waals surface area (Å²) in [7, 11) is -0.932. The third-order valence-electron chi connectivity index (χ3n) is 4.63. The van der Waals surface area contributed by atoms with E-state index in [4.69, 9.17) is 9.47 Å². The van der Waals surface area contributed by atoms with Gasteiger partial charge in [-0.25, -0.2) is 13.2 Å². The maximum absolute atomic E-state index is 13.3. The average Bonchev–Trinajstić information content (AvgIpc) is 3.18. The number of ether oxygens (including phenoxy) is 2. The number of carbonyl (C=O) groups is 1. The fraction of sp³-hybridized carbons (Fsp3) is 0.316. The van der Waals surface area contributed by atoms with Gasteiger partial charge < -0.3 is 9.47 Å². The highest BCUT2D eigenvalue weighted by molar-refractivity contribution is 9.10. The average molecular weight is 454 g/mol. The first-order chi connectivity index (χ1) is 12.9. The molecule has 0 spiro atoms. The molecule has 0 amide bonds. The van der Waals surface area contributed by atoms with Gasteiger partial charge in [0.1, 0.15) is 5.75 Å². The molecule has 0 unspecified atom stereocenters. The minimum absolute atomic E-state index is 0.0703. The Morgan fingerprint density at radius 2 is 1.96 bits per heavy atom. The van der Waals surface area contributed by atoms with Crippen LogP contribution in [-0.2, 0) is 14.8 Å². The van der Waals surface area contributed by atoms with Crippen LogP contribution < -0.4 is 4.74 Å². The largest absolute Gasteiger partial charge is 0.497 e. The molecule has 144 valence electrons. The summed E-state index contributed by atoms with van der Waals surface area (Å²) >= 11 is 3.26. The predicted molar refractivity (Wildman–Crippen MR) is 104 cm³/mol. The molecule has 3 rings (SSSR count). The van der Waals surface area contributed by atoms with Gasteiger partial charge in [-0.2, -0.15) is 4.31 Å². The lowest BCUT2D eigenvalue weighted by molar-refractivity contribution is 0.0599. The molecule has 0 saturated carbocycles. The molecule has 27 heavy (non-hydrogen) atoms. The van der Waals surface area contributed by atoms with E-state index in [-0.39, 0.29) is 16.5 Å². The first kappa shape index (κ1) is 19.9. The van der Waals surface area contributed by atoms with Crippen LogP contribution in [0.5, 0.6) is 5.75 Å². The van der Waals surface area contributed by atoms with Gasteiger partial charge in [-0.15, -0.1) is 0 Å². The van der Waals surface area contributed by atoms with Crippen molar-refractivity contribution in [3.63, 3.8) is 0 Å². The third-order valence-corrected chi connectivity index (χ3v) is 7.23. The quantitative estimate of drug-likeness (QED) is 0.644. The lowest BCUT2D eigenvalue weighted by Gasteiger charge is -2.25. The van der Waals surface area contributed by atoms with Crippen molar-refractivity contribution >= 4 is 31.9 Å². The van der Waals surface area contributed by atoms with Gasteiger partial charge in [-0.1, -0.05) is 12.1 Å². The van der Waals surface area contributed by atoms with Crippen LogP contribution in [0.4, 0.5) is 0 Å². The van der Waals surface area contributed by atoms with Crippen LogP contribution in [0.25, 0.3) is 0 Å². The van der Waals surface area contributed by atoms with Crippen LogP contribution in [0.15, 0.2) is 51.8 Å². The number of benzene rings is 2. The summed E-state index contributed by atoms with van der Waals surface area (Å²) in [4.78, 5) is 12.0. The molecule has 0 aliphatic carbocycles. The molecule has 1 saturated heterocycles. The zero-order valence-electron chi connectivity index (χ0n) is 15.0. The van der Waals surface area contributed by atoms with Crippen LogP contribution in [0.2, 0.25) is 0 Å². The summed E-state index contributed by atoms with van der Waals surface area (Å²) in [6.07, 6.45) is 1.49. The molecule has 0 bridgehead atoms. The van der Waals surface area contributed by atoms with E-state index in [9.17, 15) is 13.2 Å². The van der Waals surface area contributed by atoms with Gasteiger partial charge in [0.25, 0.3) is 0 Å². The highest BCUT2D eigenvalue weighted by Gasteiger charge is 2.36. The molecular weight excluding hydrogens is 434 g/mol. The van der Waals surface area contributed by atoms with E-state index < -0.39 is 16.0 Å². The van der Waals surface area contributed by atoms with Gasteiger partial charge in [-0.05, 0) is 64.7 Å². The van der Waals surface area contributed by atoms with E-state index in [2.05, 4.69) is 15.9 Å². The highest BCUT2D eigenvalue weighted by atomic mass is 79.9. The Balaban J connectivity index is 1.99. The normalized spacial score (nSPS) is 17.7. The number of carbonyl (C=O) groups excluding carboxylic acids is 1. The Bertz CT molecular complexity index is 960. The van der Waals surface area contributed by atoms with E-state index in [1.54, 1.807) is 13.2 Å². The smallest absolute Gasteiger partial charge is 0.339 e. The third kappa shape index (κ3) is 3.88. The number of rotatable bonds is 5. The van der Waals surface area contributed by atoms with E-state index in [1.807, 2.05) is 24.3 Å². The lowest BCUT2D eigenvalue weighted by Crippen LogP contribution is -2.30. The molecule has 0 radical (unpaired) electrons. The van der Waals surface area contributed by atoms with E-state index in [1.165, 1.54) is 23.5 Å². The van der Waals surface area contributed by atoms with Crippen molar-refractivity contribution in [2.75, 3.05) is 20.8 Å². The monoisotopic (exact) mass is 453 g/mol. The Hall–Kier alpha value is -1.90. The van der Waals surface area contributed by atoms with Gasteiger partial charge in [0.2, 0.25) is 10.0 Å². The Morgan fingerprint density at radius 1 is 1.19 bits per heavy atom. The number of hydrogen-bond donors (Lipinski definition) is 0. The van der Waals surface area contributed by atoms with Crippen molar-refractivity contribution in [1.29, 1.82) is 0 Å². The zero-order valence-corrected chi connectivity index (χ0v) is 17.4. The second kappa shape index (κ2) is 8.00. The fourth-order valence-corrected chi connectivity index (χ4v) is 5.39. The summed E-state index contributed by atoms with van der Waals surface area (Å²) in [6, 6.07) is 11.6. The van der Waals surface area contributed by atoms with Crippen molar-refractivity contribution in [2.24, 2.45) is 0 Å². The molecule has 2 aromatic carbocycles. The number of halogens is 1. The van der Waals surface area contributed by atoms with Gasteiger partial charge in [-0.3, -0.25) is 0 Å². The molecule has 2 aromatic rings.